The summed E-state index contributed by atoms with van der Waals surface area (Å²) in [5, 5.41) is 15.3. The van der Waals surface area contributed by atoms with E-state index in [-0.39, 0.29) is 6.04 Å². The van der Waals surface area contributed by atoms with E-state index in [2.05, 4.69) is 63.3 Å². The number of aromatic nitrogens is 3. The molecule has 1 atom stereocenters. The molecular formula is C20H30N6O. The zero-order chi connectivity index (χ0) is 19.2. The van der Waals surface area contributed by atoms with Crippen molar-refractivity contribution in [2.45, 2.75) is 52.7 Å². The molecule has 2 heterocycles. The fraction of sp³-hybridized carbons (Fsp3) is 0.550. The van der Waals surface area contributed by atoms with E-state index in [1.807, 2.05) is 12.1 Å². The lowest BCUT2D eigenvalue weighted by Crippen LogP contribution is -2.38. The Hall–Kier alpha value is -2.57. The summed E-state index contributed by atoms with van der Waals surface area (Å²) in [6, 6.07) is 8.34. The molecule has 0 saturated heterocycles. The number of rotatable bonds is 7. The number of ether oxygens (including phenoxy) is 1. The van der Waals surface area contributed by atoms with Gasteiger partial charge in [0.1, 0.15) is 11.6 Å². The van der Waals surface area contributed by atoms with Gasteiger partial charge in [0.15, 0.2) is 11.8 Å². The zero-order valence-electron chi connectivity index (χ0n) is 16.7. The van der Waals surface area contributed by atoms with Crippen molar-refractivity contribution in [1.82, 2.24) is 25.4 Å². The van der Waals surface area contributed by atoms with Crippen LogP contribution in [0.1, 0.15) is 50.4 Å². The van der Waals surface area contributed by atoms with Crippen molar-refractivity contribution in [3.05, 3.63) is 41.5 Å². The molecule has 0 bridgehead atoms. The first-order valence-electron chi connectivity index (χ1n) is 9.67. The zero-order valence-corrected chi connectivity index (χ0v) is 16.7. The van der Waals surface area contributed by atoms with Crippen LogP contribution in [0.25, 0.3) is 0 Å². The van der Waals surface area contributed by atoms with Gasteiger partial charge in [0.25, 0.3) is 0 Å². The van der Waals surface area contributed by atoms with Gasteiger partial charge in [-0.3, -0.25) is 4.99 Å². The normalized spacial score (nSPS) is 14.9. The van der Waals surface area contributed by atoms with Crippen LogP contribution >= 0.6 is 0 Å². The highest BCUT2D eigenvalue weighted by Crippen LogP contribution is 2.18. The van der Waals surface area contributed by atoms with E-state index >= 15 is 0 Å². The second-order valence-electron chi connectivity index (χ2n) is 7.35. The van der Waals surface area contributed by atoms with Crippen LogP contribution in [0.15, 0.2) is 29.3 Å². The minimum absolute atomic E-state index is 0.125. The molecule has 1 aliphatic rings. The third-order valence-corrected chi connectivity index (χ3v) is 4.64. The average Bonchev–Trinajstić information content (AvgIpc) is 3.28. The number of nitrogens with one attached hydrogen (secondary N) is 2. The summed E-state index contributed by atoms with van der Waals surface area (Å²) < 4.78 is 7.94. The number of hydrogen-bond donors (Lipinski definition) is 2. The Morgan fingerprint density at radius 2 is 2.00 bits per heavy atom. The number of fused-ring (bicyclic) bond motifs is 1. The number of hydrogen-bond acceptors (Lipinski definition) is 4. The molecule has 1 aliphatic heterocycles. The monoisotopic (exact) mass is 370 g/mol. The molecule has 1 unspecified atom stereocenters. The van der Waals surface area contributed by atoms with Gasteiger partial charge in [-0.1, -0.05) is 26.0 Å². The van der Waals surface area contributed by atoms with Gasteiger partial charge in [0.05, 0.1) is 19.2 Å². The Balaban J connectivity index is 1.52. The topological polar surface area (TPSA) is 76.4 Å². The molecule has 0 aliphatic carbocycles. The summed E-state index contributed by atoms with van der Waals surface area (Å²) in [6.07, 6.45) is 2.17. The molecule has 0 fully saturated rings. The largest absolute Gasteiger partial charge is 0.493 e. The van der Waals surface area contributed by atoms with Crippen LogP contribution in [-0.4, -0.2) is 34.4 Å². The summed E-state index contributed by atoms with van der Waals surface area (Å²) in [5.41, 5.74) is 1.18. The van der Waals surface area contributed by atoms with Gasteiger partial charge in [-0.25, -0.2) is 0 Å². The van der Waals surface area contributed by atoms with E-state index in [1.54, 1.807) is 7.05 Å². The summed E-state index contributed by atoms with van der Waals surface area (Å²) >= 11 is 0. The molecule has 0 radical (unpaired) electrons. The smallest absolute Gasteiger partial charge is 0.191 e. The third kappa shape index (κ3) is 4.99. The van der Waals surface area contributed by atoms with Gasteiger partial charge in [-0.15, -0.1) is 10.2 Å². The fourth-order valence-electron chi connectivity index (χ4n) is 3.10. The van der Waals surface area contributed by atoms with E-state index < -0.39 is 0 Å². The Morgan fingerprint density at radius 1 is 1.22 bits per heavy atom. The molecule has 27 heavy (non-hydrogen) atoms. The predicted molar refractivity (Wildman–Crippen MR) is 107 cm³/mol. The van der Waals surface area contributed by atoms with Crippen molar-refractivity contribution >= 4 is 5.96 Å². The number of aryl methyl sites for hydroxylation is 1. The lowest BCUT2D eigenvalue weighted by molar-refractivity contribution is 0.271. The number of aliphatic imine (C=N–C) groups is 1. The van der Waals surface area contributed by atoms with Crippen molar-refractivity contribution in [1.29, 1.82) is 0 Å². The van der Waals surface area contributed by atoms with Crippen LogP contribution in [0.4, 0.5) is 0 Å². The van der Waals surface area contributed by atoms with E-state index in [0.29, 0.717) is 12.5 Å². The Morgan fingerprint density at radius 3 is 2.70 bits per heavy atom. The quantitative estimate of drug-likeness (QED) is 0.579. The van der Waals surface area contributed by atoms with Crippen molar-refractivity contribution in [3.63, 3.8) is 0 Å². The molecule has 0 amide bonds. The van der Waals surface area contributed by atoms with E-state index in [1.165, 1.54) is 5.56 Å². The average molecular weight is 371 g/mol. The maximum absolute atomic E-state index is 5.75. The van der Waals surface area contributed by atoms with Crippen molar-refractivity contribution in [2.75, 3.05) is 13.7 Å². The van der Waals surface area contributed by atoms with Crippen molar-refractivity contribution in [2.24, 2.45) is 10.9 Å². The predicted octanol–water partition coefficient (Wildman–Crippen LogP) is 2.69. The maximum Gasteiger partial charge on any atom is 0.191 e. The molecular weight excluding hydrogens is 340 g/mol. The Labute approximate surface area is 161 Å². The highest BCUT2D eigenvalue weighted by atomic mass is 16.5. The number of guanidine groups is 1. The van der Waals surface area contributed by atoms with Crippen LogP contribution in [0.5, 0.6) is 5.75 Å². The van der Waals surface area contributed by atoms with Gasteiger partial charge in [0.2, 0.25) is 0 Å². The summed E-state index contributed by atoms with van der Waals surface area (Å²) in [7, 11) is 1.78. The fourth-order valence-corrected chi connectivity index (χ4v) is 3.10. The van der Waals surface area contributed by atoms with E-state index in [9.17, 15) is 0 Å². The second kappa shape index (κ2) is 8.88. The van der Waals surface area contributed by atoms with Crippen molar-refractivity contribution in [3.8, 4) is 5.75 Å². The van der Waals surface area contributed by atoms with Crippen LogP contribution in [0.3, 0.4) is 0 Å². The Kier molecular flexibility index (Phi) is 6.32. The molecule has 0 saturated carbocycles. The maximum atomic E-state index is 5.75. The van der Waals surface area contributed by atoms with Crippen molar-refractivity contribution < 1.29 is 4.74 Å². The third-order valence-electron chi connectivity index (χ3n) is 4.64. The highest BCUT2D eigenvalue weighted by Gasteiger charge is 2.17. The summed E-state index contributed by atoms with van der Waals surface area (Å²) in [5.74, 6) is 4.22. The molecule has 1 aromatic carbocycles. The first-order chi connectivity index (χ1) is 13.1. The van der Waals surface area contributed by atoms with Crippen LogP contribution < -0.4 is 15.4 Å². The van der Waals surface area contributed by atoms with Gasteiger partial charge < -0.3 is 19.9 Å². The van der Waals surface area contributed by atoms with Crippen LogP contribution in [0.2, 0.25) is 0 Å². The number of nitrogens with zero attached hydrogens (tertiary/aromatic N) is 4. The number of benzene rings is 1. The minimum Gasteiger partial charge on any atom is -0.493 e. The van der Waals surface area contributed by atoms with E-state index in [0.717, 1.165) is 49.4 Å². The minimum atomic E-state index is 0.125. The molecule has 1 aromatic heterocycles. The molecule has 7 nitrogen and oxygen atoms in total. The first kappa shape index (κ1) is 19.2. The first-order valence-corrected chi connectivity index (χ1v) is 9.67. The van der Waals surface area contributed by atoms with Gasteiger partial charge in [0, 0.05) is 20.0 Å². The SMILES string of the molecule is CN=C(NCc1nnc2n1CCC2)NC(C)c1ccc(OCC(C)C)cc1. The second-order valence-corrected chi connectivity index (χ2v) is 7.35. The summed E-state index contributed by atoms with van der Waals surface area (Å²) in [4.78, 5) is 4.33. The van der Waals surface area contributed by atoms with Crippen LogP contribution in [-0.2, 0) is 19.5 Å². The van der Waals surface area contributed by atoms with E-state index in [4.69, 9.17) is 4.74 Å². The lowest BCUT2D eigenvalue weighted by Gasteiger charge is -2.18. The molecule has 3 rings (SSSR count). The molecule has 146 valence electrons. The molecule has 7 heteroatoms. The van der Waals surface area contributed by atoms with Crippen LogP contribution in [0, 0.1) is 5.92 Å². The van der Waals surface area contributed by atoms with Gasteiger partial charge in [-0.05, 0) is 37.0 Å². The Bertz CT molecular complexity index is 765. The molecule has 2 aromatic rings. The highest BCUT2D eigenvalue weighted by molar-refractivity contribution is 5.80. The van der Waals surface area contributed by atoms with Gasteiger partial charge in [-0.2, -0.15) is 0 Å². The lowest BCUT2D eigenvalue weighted by atomic mass is 10.1. The summed E-state index contributed by atoms with van der Waals surface area (Å²) in [6.45, 7) is 8.76. The molecule has 2 N–H and O–H groups in total. The molecule has 0 spiro atoms. The van der Waals surface area contributed by atoms with Gasteiger partial charge >= 0.3 is 0 Å². The standard InChI is InChI=1S/C20H30N6O/c1-14(2)13-27-17-9-7-16(8-10-17)15(3)23-20(21-4)22-12-19-25-24-18-6-5-11-26(18)19/h7-10,14-15H,5-6,11-13H2,1-4H3,(H2,21,22,23).